The summed E-state index contributed by atoms with van der Waals surface area (Å²) < 4.78 is 12.8. The summed E-state index contributed by atoms with van der Waals surface area (Å²) in [4.78, 5) is 2.22. The minimum absolute atomic E-state index is 0.169. The lowest BCUT2D eigenvalue weighted by molar-refractivity contribution is 0.223. The van der Waals surface area contributed by atoms with E-state index in [1.165, 1.54) is 12.1 Å². The van der Waals surface area contributed by atoms with Crippen molar-refractivity contribution >= 4 is 0 Å². The van der Waals surface area contributed by atoms with Crippen molar-refractivity contribution < 1.29 is 4.39 Å². The Morgan fingerprint density at radius 2 is 1.81 bits per heavy atom. The second-order valence-electron chi connectivity index (χ2n) is 4.64. The molecule has 90 valence electrons. The Kier molecular flexibility index (Phi) is 4.90. The van der Waals surface area contributed by atoms with Crippen LogP contribution in [0.5, 0.6) is 0 Å². The van der Waals surface area contributed by atoms with Crippen molar-refractivity contribution in [3.8, 4) is 0 Å². The molecule has 0 amide bonds. The predicted molar refractivity (Wildman–Crippen MR) is 65.7 cm³/mol. The highest BCUT2D eigenvalue weighted by atomic mass is 19.1. The summed E-state index contributed by atoms with van der Waals surface area (Å²) >= 11 is 0. The Bertz CT molecular complexity index is 308. The number of hydrogen-bond donors (Lipinski definition) is 1. The van der Waals surface area contributed by atoms with Gasteiger partial charge in [0, 0.05) is 19.1 Å². The average Bonchev–Trinajstić information content (AvgIpc) is 2.21. The van der Waals surface area contributed by atoms with Crippen LogP contribution in [-0.2, 0) is 0 Å². The minimum atomic E-state index is -0.203. The lowest BCUT2D eigenvalue weighted by atomic mass is 10.0. The van der Waals surface area contributed by atoms with Gasteiger partial charge in [0.1, 0.15) is 5.82 Å². The fraction of sp³-hybridized carbons (Fsp3) is 0.538. The smallest absolute Gasteiger partial charge is 0.123 e. The first kappa shape index (κ1) is 13.1. The Morgan fingerprint density at radius 3 is 2.25 bits per heavy atom. The molecule has 0 aliphatic heterocycles. The van der Waals surface area contributed by atoms with E-state index < -0.39 is 0 Å². The van der Waals surface area contributed by atoms with E-state index in [1.807, 2.05) is 12.1 Å². The number of rotatable bonds is 5. The molecule has 1 aromatic rings. The number of halogens is 1. The van der Waals surface area contributed by atoms with Crippen molar-refractivity contribution in [2.45, 2.75) is 19.9 Å². The quantitative estimate of drug-likeness (QED) is 0.832. The third-order valence-corrected chi connectivity index (χ3v) is 2.66. The summed E-state index contributed by atoms with van der Waals surface area (Å²) in [5.74, 6) is 0.394. The van der Waals surface area contributed by atoms with E-state index in [4.69, 9.17) is 5.73 Å². The van der Waals surface area contributed by atoms with Crippen LogP contribution in [0.1, 0.15) is 25.5 Å². The fourth-order valence-electron chi connectivity index (χ4n) is 1.96. The number of nitrogens with two attached hydrogens (primary N) is 1. The molecule has 0 aromatic heterocycles. The van der Waals surface area contributed by atoms with Gasteiger partial charge in [-0.25, -0.2) is 4.39 Å². The molecule has 2 N–H and O–H groups in total. The number of benzene rings is 1. The van der Waals surface area contributed by atoms with E-state index >= 15 is 0 Å². The lowest BCUT2D eigenvalue weighted by Gasteiger charge is -2.28. The first-order chi connectivity index (χ1) is 7.54. The van der Waals surface area contributed by atoms with Crippen LogP contribution in [0.2, 0.25) is 0 Å². The van der Waals surface area contributed by atoms with Crippen LogP contribution >= 0.6 is 0 Å². The molecule has 1 atom stereocenters. The average molecular weight is 224 g/mol. The van der Waals surface area contributed by atoms with Gasteiger partial charge in [0.25, 0.3) is 0 Å². The largest absolute Gasteiger partial charge is 0.329 e. The van der Waals surface area contributed by atoms with Gasteiger partial charge < -0.3 is 5.73 Å². The lowest BCUT2D eigenvalue weighted by Crippen LogP contribution is -2.33. The van der Waals surface area contributed by atoms with Crippen LogP contribution in [0.3, 0.4) is 0 Å². The third kappa shape index (κ3) is 3.58. The first-order valence-corrected chi connectivity index (χ1v) is 5.70. The van der Waals surface area contributed by atoms with E-state index in [0.29, 0.717) is 12.5 Å². The monoisotopic (exact) mass is 224 g/mol. The van der Waals surface area contributed by atoms with Crippen molar-refractivity contribution in [2.75, 3.05) is 20.1 Å². The summed E-state index contributed by atoms with van der Waals surface area (Å²) in [6, 6.07) is 6.76. The van der Waals surface area contributed by atoms with Gasteiger partial charge in [-0.15, -0.1) is 0 Å². The van der Waals surface area contributed by atoms with Crippen LogP contribution in [0.15, 0.2) is 24.3 Å². The summed E-state index contributed by atoms with van der Waals surface area (Å²) in [6.45, 7) is 5.89. The summed E-state index contributed by atoms with van der Waals surface area (Å²) in [6.07, 6.45) is 0. The molecule has 0 saturated heterocycles. The molecule has 0 saturated carbocycles. The highest BCUT2D eigenvalue weighted by Gasteiger charge is 2.15. The Balaban J connectivity index is 2.77. The van der Waals surface area contributed by atoms with Gasteiger partial charge >= 0.3 is 0 Å². The molecular weight excluding hydrogens is 203 g/mol. The maximum Gasteiger partial charge on any atom is 0.123 e. The summed E-state index contributed by atoms with van der Waals surface area (Å²) in [7, 11) is 2.06. The van der Waals surface area contributed by atoms with Gasteiger partial charge in [-0.1, -0.05) is 26.0 Å². The summed E-state index contributed by atoms with van der Waals surface area (Å²) in [5, 5.41) is 0. The molecule has 2 nitrogen and oxygen atoms in total. The molecule has 0 aliphatic carbocycles. The third-order valence-electron chi connectivity index (χ3n) is 2.66. The maximum atomic E-state index is 12.8. The molecule has 1 aromatic carbocycles. The normalized spacial score (nSPS) is 13.4. The van der Waals surface area contributed by atoms with Gasteiger partial charge in [-0.3, -0.25) is 4.90 Å². The molecule has 0 heterocycles. The number of nitrogens with zero attached hydrogens (tertiary/aromatic N) is 1. The molecule has 1 unspecified atom stereocenters. The highest BCUT2D eigenvalue weighted by molar-refractivity contribution is 5.20. The van der Waals surface area contributed by atoms with Crippen molar-refractivity contribution in [3.63, 3.8) is 0 Å². The Morgan fingerprint density at radius 1 is 1.25 bits per heavy atom. The van der Waals surface area contributed by atoms with Gasteiger partial charge in [-0.05, 0) is 30.7 Å². The Hall–Kier alpha value is -0.930. The van der Waals surface area contributed by atoms with Gasteiger partial charge in [0.15, 0.2) is 0 Å². The standard InChI is InChI=1S/C13H21FN2/c1-10(2)9-16(3)13(8-15)11-4-6-12(14)7-5-11/h4-7,10,13H,8-9,15H2,1-3H3. The number of hydrogen-bond acceptors (Lipinski definition) is 2. The Labute approximate surface area is 97.3 Å². The first-order valence-electron chi connectivity index (χ1n) is 5.70. The molecule has 3 heteroatoms. The molecule has 0 aliphatic rings. The number of likely N-dealkylation sites (N-methyl/N-ethyl adjacent to an activating group) is 1. The van der Waals surface area contributed by atoms with Crippen LogP contribution < -0.4 is 5.73 Å². The second kappa shape index (κ2) is 5.97. The van der Waals surface area contributed by atoms with E-state index in [1.54, 1.807) is 0 Å². The molecule has 0 fully saturated rings. The van der Waals surface area contributed by atoms with Gasteiger partial charge in [-0.2, -0.15) is 0 Å². The maximum absolute atomic E-state index is 12.8. The van der Waals surface area contributed by atoms with Crippen LogP contribution in [0.25, 0.3) is 0 Å². The van der Waals surface area contributed by atoms with Crippen LogP contribution in [0.4, 0.5) is 4.39 Å². The van der Waals surface area contributed by atoms with Crippen LogP contribution in [-0.4, -0.2) is 25.0 Å². The van der Waals surface area contributed by atoms with Crippen molar-refractivity contribution in [2.24, 2.45) is 11.7 Å². The highest BCUT2D eigenvalue weighted by Crippen LogP contribution is 2.19. The SMILES string of the molecule is CC(C)CN(C)C(CN)c1ccc(F)cc1. The van der Waals surface area contributed by atoms with Crippen molar-refractivity contribution in [3.05, 3.63) is 35.6 Å². The predicted octanol–water partition coefficient (Wildman–Crippen LogP) is 2.41. The summed E-state index contributed by atoms with van der Waals surface area (Å²) in [5.41, 5.74) is 6.86. The van der Waals surface area contributed by atoms with Crippen molar-refractivity contribution in [1.82, 2.24) is 4.90 Å². The van der Waals surface area contributed by atoms with Crippen LogP contribution in [0, 0.1) is 11.7 Å². The zero-order chi connectivity index (χ0) is 12.1. The molecule has 1 rings (SSSR count). The topological polar surface area (TPSA) is 29.3 Å². The second-order valence-corrected chi connectivity index (χ2v) is 4.64. The fourth-order valence-corrected chi connectivity index (χ4v) is 1.96. The zero-order valence-electron chi connectivity index (χ0n) is 10.3. The van der Waals surface area contributed by atoms with Gasteiger partial charge in [0.05, 0.1) is 0 Å². The molecule has 0 radical (unpaired) electrons. The van der Waals surface area contributed by atoms with Crippen molar-refractivity contribution in [1.29, 1.82) is 0 Å². The molecular formula is C13H21FN2. The molecule has 16 heavy (non-hydrogen) atoms. The van der Waals surface area contributed by atoms with E-state index in [0.717, 1.165) is 12.1 Å². The minimum Gasteiger partial charge on any atom is -0.329 e. The zero-order valence-corrected chi connectivity index (χ0v) is 10.3. The molecule has 0 bridgehead atoms. The van der Waals surface area contributed by atoms with E-state index in [2.05, 4.69) is 25.8 Å². The van der Waals surface area contributed by atoms with E-state index in [9.17, 15) is 4.39 Å². The van der Waals surface area contributed by atoms with Gasteiger partial charge in [0.2, 0.25) is 0 Å². The molecule has 0 spiro atoms. The van der Waals surface area contributed by atoms with E-state index in [-0.39, 0.29) is 11.9 Å².